The van der Waals surface area contributed by atoms with Gasteiger partial charge in [-0.25, -0.2) is 0 Å². The number of carbonyl (C=O) groups excluding carboxylic acids is 1. The first-order valence-electron chi connectivity index (χ1n) is 14.6. The zero-order valence-corrected chi connectivity index (χ0v) is 22.1. The number of piperidine rings is 2. The number of carbonyl (C=O) groups is 1. The third-order valence-corrected chi connectivity index (χ3v) is 11.2. The molecule has 3 heterocycles. The summed E-state index contributed by atoms with van der Waals surface area (Å²) in [5.74, 6) is 3.25. The molecule has 5 fully saturated rings. The van der Waals surface area contributed by atoms with Crippen LogP contribution in [0.25, 0.3) is 0 Å². The smallest absolute Gasteiger partial charge is 0.150 e. The van der Waals surface area contributed by atoms with Gasteiger partial charge in [-0.05, 0) is 79.6 Å². The van der Waals surface area contributed by atoms with E-state index in [-0.39, 0.29) is 0 Å². The summed E-state index contributed by atoms with van der Waals surface area (Å²) in [4.78, 5) is 13.4. The van der Waals surface area contributed by atoms with E-state index in [4.69, 9.17) is 0 Å². The Kier molecular flexibility index (Phi) is 6.17. The molecule has 5 aliphatic rings. The summed E-state index contributed by atoms with van der Waals surface area (Å²) in [5, 5.41) is 15.9. The lowest BCUT2D eigenvalue weighted by Crippen LogP contribution is -2.56. The van der Waals surface area contributed by atoms with E-state index in [1.807, 2.05) is 12.1 Å². The summed E-state index contributed by atoms with van der Waals surface area (Å²) < 4.78 is 0. The highest BCUT2D eigenvalue weighted by molar-refractivity contribution is 5.74. The maximum absolute atomic E-state index is 11.7. The van der Waals surface area contributed by atoms with Crippen LogP contribution in [0.4, 0.5) is 0 Å². The lowest BCUT2D eigenvalue weighted by Gasteiger charge is -2.44. The number of nitrogens with zero attached hydrogens (tertiary/aromatic N) is 1. The average Bonchev–Trinajstić information content (AvgIpc) is 3.18. The molecule has 1 aromatic carbocycles. The van der Waals surface area contributed by atoms with E-state index in [9.17, 15) is 9.90 Å². The van der Waals surface area contributed by atoms with Crippen molar-refractivity contribution in [3.63, 3.8) is 0 Å². The van der Waals surface area contributed by atoms with Gasteiger partial charge >= 0.3 is 0 Å². The summed E-state index contributed by atoms with van der Waals surface area (Å²) >= 11 is 0. The van der Waals surface area contributed by atoms with E-state index < -0.39 is 5.72 Å². The van der Waals surface area contributed by atoms with Crippen LogP contribution in [0.5, 0.6) is 0 Å². The Bertz CT molecular complexity index is 922. The van der Waals surface area contributed by atoms with E-state index >= 15 is 0 Å². The van der Waals surface area contributed by atoms with Gasteiger partial charge in [-0.2, -0.15) is 0 Å². The summed E-state index contributed by atoms with van der Waals surface area (Å²) in [6.07, 6.45) is 14.5. The van der Waals surface area contributed by atoms with Crippen molar-refractivity contribution in [2.45, 2.75) is 115 Å². The minimum absolute atomic E-state index is 0.332. The molecular weight excluding hydrogens is 432 g/mol. The molecule has 192 valence electrons. The van der Waals surface area contributed by atoms with Gasteiger partial charge in [0.2, 0.25) is 0 Å². The molecule has 4 heteroatoms. The molecule has 2 saturated carbocycles. The first-order valence-corrected chi connectivity index (χ1v) is 14.6. The van der Waals surface area contributed by atoms with Crippen LogP contribution >= 0.6 is 0 Å². The standard InChI is InChI=1S/C31H46N2O2/c1-20(2)6-9-24-17-30(14-4-5-15-30)29-25(24)12-13-27(32-29)26-16-28(33-19-31(26,33)35)21(3)23-10-7-22(18-34)8-11-23/h7-8,10-11,18,20-21,24-29,32,35H,4-6,9,12-17,19H2,1-3H3/t21-,24+,25+,26+,27+,28+,29+,31-,33?/m1/s1. The Morgan fingerprint density at radius 3 is 2.57 bits per heavy atom. The van der Waals surface area contributed by atoms with Gasteiger partial charge in [0.15, 0.2) is 0 Å². The third kappa shape index (κ3) is 4.03. The highest BCUT2D eigenvalue weighted by Gasteiger charge is 2.68. The Morgan fingerprint density at radius 1 is 1.14 bits per heavy atom. The summed E-state index contributed by atoms with van der Waals surface area (Å²) in [5.41, 5.74) is 1.94. The van der Waals surface area contributed by atoms with Gasteiger partial charge in [-0.3, -0.25) is 9.69 Å². The van der Waals surface area contributed by atoms with Crippen molar-refractivity contribution in [2.75, 3.05) is 6.54 Å². The first-order chi connectivity index (χ1) is 16.8. The Balaban J connectivity index is 1.17. The number of benzene rings is 1. The number of hydrogen-bond donors (Lipinski definition) is 2. The van der Waals surface area contributed by atoms with Crippen molar-refractivity contribution in [1.29, 1.82) is 0 Å². The molecule has 0 radical (unpaired) electrons. The molecule has 3 aliphatic heterocycles. The minimum atomic E-state index is -0.606. The van der Waals surface area contributed by atoms with Crippen LogP contribution in [0.2, 0.25) is 0 Å². The second kappa shape index (κ2) is 8.96. The fourth-order valence-corrected chi connectivity index (χ4v) is 9.28. The van der Waals surface area contributed by atoms with Crippen molar-refractivity contribution >= 4 is 6.29 Å². The zero-order chi connectivity index (χ0) is 24.4. The molecule has 35 heavy (non-hydrogen) atoms. The number of aliphatic hydroxyl groups is 1. The lowest BCUT2D eigenvalue weighted by molar-refractivity contribution is 0.0227. The van der Waals surface area contributed by atoms with Crippen LogP contribution in [0.3, 0.4) is 0 Å². The predicted octanol–water partition coefficient (Wildman–Crippen LogP) is 5.75. The summed E-state index contributed by atoms with van der Waals surface area (Å²) in [6, 6.07) is 9.57. The highest BCUT2D eigenvalue weighted by Crippen LogP contribution is 2.61. The largest absolute Gasteiger partial charge is 0.374 e. The van der Waals surface area contributed by atoms with Crippen LogP contribution in [0, 0.1) is 29.1 Å². The molecule has 1 spiro atoms. The van der Waals surface area contributed by atoms with Gasteiger partial charge in [-0.1, -0.05) is 64.3 Å². The van der Waals surface area contributed by atoms with Crippen LogP contribution in [-0.2, 0) is 0 Å². The van der Waals surface area contributed by atoms with E-state index in [1.165, 1.54) is 63.4 Å². The minimum Gasteiger partial charge on any atom is -0.374 e. The zero-order valence-electron chi connectivity index (χ0n) is 22.1. The van der Waals surface area contributed by atoms with Crippen LogP contribution < -0.4 is 5.32 Å². The molecule has 1 unspecified atom stereocenters. The summed E-state index contributed by atoms with van der Waals surface area (Å²) in [7, 11) is 0. The molecule has 0 amide bonds. The molecule has 4 nitrogen and oxygen atoms in total. The van der Waals surface area contributed by atoms with Gasteiger partial charge in [-0.15, -0.1) is 0 Å². The monoisotopic (exact) mass is 478 g/mol. The van der Waals surface area contributed by atoms with Crippen molar-refractivity contribution in [3.05, 3.63) is 35.4 Å². The number of rotatable bonds is 7. The van der Waals surface area contributed by atoms with Crippen molar-refractivity contribution in [3.8, 4) is 0 Å². The molecule has 0 bridgehead atoms. The number of hydrogen-bond acceptors (Lipinski definition) is 4. The second-order valence-electron chi connectivity index (χ2n) is 13.5. The summed E-state index contributed by atoms with van der Waals surface area (Å²) in [6.45, 7) is 7.88. The molecular formula is C31H46N2O2. The molecule has 3 saturated heterocycles. The Morgan fingerprint density at radius 2 is 1.89 bits per heavy atom. The normalized spacial score (nSPS) is 42.3. The first kappa shape index (κ1) is 24.1. The molecule has 2 aliphatic carbocycles. The second-order valence-corrected chi connectivity index (χ2v) is 13.5. The van der Waals surface area contributed by atoms with E-state index in [0.29, 0.717) is 35.4 Å². The number of aldehydes is 1. The topological polar surface area (TPSA) is 52.3 Å². The molecule has 6 rings (SSSR count). The molecule has 2 N–H and O–H groups in total. The van der Waals surface area contributed by atoms with Gasteiger partial charge < -0.3 is 10.4 Å². The third-order valence-electron chi connectivity index (χ3n) is 11.2. The van der Waals surface area contributed by atoms with Crippen LogP contribution in [0.1, 0.15) is 107 Å². The van der Waals surface area contributed by atoms with E-state index in [1.54, 1.807) is 0 Å². The average molecular weight is 479 g/mol. The number of fused-ring (bicyclic) bond motifs is 3. The van der Waals surface area contributed by atoms with Gasteiger partial charge in [0.1, 0.15) is 12.0 Å². The fourth-order valence-electron chi connectivity index (χ4n) is 9.28. The van der Waals surface area contributed by atoms with E-state index in [0.717, 1.165) is 42.6 Å². The van der Waals surface area contributed by atoms with Crippen molar-refractivity contribution < 1.29 is 9.90 Å². The van der Waals surface area contributed by atoms with Gasteiger partial charge in [0, 0.05) is 36.2 Å². The van der Waals surface area contributed by atoms with Crippen LogP contribution in [-0.4, -0.2) is 46.7 Å². The van der Waals surface area contributed by atoms with Gasteiger partial charge in [0.25, 0.3) is 0 Å². The van der Waals surface area contributed by atoms with Crippen molar-refractivity contribution in [2.24, 2.45) is 29.1 Å². The molecule has 0 aromatic heterocycles. The quantitative estimate of drug-likeness (QED) is 0.387. The fraction of sp³-hybridized carbons (Fsp3) is 0.774. The molecule has 9 atom stereocenters. The Labute approximate surface area is 212 Å². The Hall–Kier alpha value is -1.23. The van der Waals surface area contributed by atoms with Gasteiger partial charge in [0.05, 0.1) is 0 Å². The lowest BCUT2D eigenvalue weighted by atomic mass is 9.72. The van der Waals surface area contributed by atoms with Crippen molar-refractivity contribution in [1.82, 2.24) is 10.2 Å². The van der Waals surface area contributed by atoms with Crippen LogP contribution in [0.15, 0.2) is 24.3 Å². The van der Waals surface area contributed by atoms with E-state index in [2.05, 4.69) is 43.1 Å². The maximum Gasteiger partial charge on any atom is 0.150 e. The SMILES string of the molecule is CC(C)CC[C@H]1CC2(CCCC2)[C@H]2N[C@H]([C@@H]3C[C@@H]([C@H](C)c4ccc(C=O)cc4)N4C[C@@]34O)CC[C@@H]12. The highest BCUT2D eigenvalue weighted by atomic mass is 16.3. The molecule has 1 aromatic rings. The predicted molar refractivity (Wildman–Crippen MR) is 140 cm³/mol. The maximum atomic E-state index is 11.7. The number of nitrogens with one attached hydrogen (secondary N) is 1.